The Kier molecular flexibility index (Phi) is 2.62. The van der Waals surface area contributed by atoms with Crippen molar-refractivity contribution in [3.63, 3.8) is 0 Å². The van der Waals surface area contributed by atoms with Crippen LogP contribution in [0, 0.1) is 0 Å². The second-order valence-corrected chi connectivity index (χ2v) is 5.82. The Balaban J connectivity index is 1.99. The Labute approximate surface area is 109 Å². The highest BCUT2D eigenvalue weighted by Crippen LogP contribution is 2.34. The fourth-order valence-corrected chi connectivity index (χ4v) is 3.19. The number of nitrogens with two attached hydrogens (primary N) is 1. The average molecular weight is 295 g/mol. The smallest absolute Gasteiger partial charge is 0.282 e. The van der Waals surface area contributed by atoms with E-state index in [1.54, 1.807) is 0 Å². The van der Waals surface area contributed by atoms with Gasteiger partial charge in [0.15, 0.2) is 0 Å². The molecule has 4 heteroatoms. The van der Waals surface area contributed by atoms with Crippen molar-refractivity contribution >= 4 is 22.0 Å². The molecule has 0 aromatic heterocycles. The molecule has 0 fully saturated rings. The third kappa shape index (κ3) is 2.06. The first-order chi connectivity index (χ1) is 8.17. The van der Waals surface area contributed by atoms with Crippen molar-refractivity contribution < 1.29 is 4.74 Å². The second kappa shape index (κ2) is 4.02. The first kappa shape index (κ1) is 11.1. The maximum absolute atomic E-state index is 5.66. The zero-order chi connectivity index (χ0) is 11.9. The van der Waals surface area contributed by atoms with Crippen molar-refractivity contribution in [1.29, 1.82) is 0 Å². The molecule has 0 saturated heterocycles. The minimum Gasteiger partial charge on any atom is -0.463 e. The number of hydrogen-bond donors (Lipinski definition) is 1. The molecule has 3 rings (SSSR count). The summed E-state index contributed by atoms with van der Waals surface area (Å²) in [6, 6.07) is 6.87. The lowest BCUT2D eigenvalue weighted by molar-refractivity contribution is 0.241. The lowest BCUT2D eigenvalue weighted by atomic mass is 9.90. The molecule has 2 N–H and O–H groups in total. The standard InChI is InChI=1S/C13H15BrN2O/c14-11-4-3-9-2-1-5-13(7-10(9)6-11)8-17-12(15)16-13/h3-4,6H,1-2,5,7-8H2,(H2,15,16). The maximum Gasteiger partial charge on any atom is 0.282 e. The topological polar surface area (TPSA) is 47.6 Å². The molecule has 0 amide bonds. The van der Waals surface area contributed by atoms with E-state index in [2.05, 4.69) is 39.1 Å². The van der Waals surface area contributed by atoms with E-state index >= 15 is 0 Å². The molecule has 90 valence electrons. The van der Waals surface area contributed by atoms with E-state index in [0.717, 1.165) is 30.2 Å². The maximum atomic E-state index is 5.66. The van der Waals surface area contributed by atoms with Crippen molar-refractivity contribution in [2.24, 2.45) is 10.7 Å². The second-order valence-electron chi connectivity index (χ2n) is 4.91. The van der Waals surface area contributed by atoms with Gasteiger partial charge in [0.2, 0.25) is 0 Å². The first-order valence-electron chi connectivity index (χ1n) is 5.92. The van der Waals surface area contributed by atoms with E-state index < -0.39 is 0 Å². The molecule has 1 aromatic carbocycles. The highest BCUT2D eigenvalue weighted by Gasteiger charge is 2.37. The summed E-state index contributed by atoms with van der Waals surface area (Å²) >= 11 is 3.53. The van der Waals surface area contributed by atoms with Gasteiger partial charge in [-0.2, -0.15) is 0 Å². The molecule has 1 aliphatic heterocycles. The van der Waals surface area contributed by atoms with E-state index in [0.29, 0.717) is 12.6 Å². The molecule has 17 heavy (non-hydrogen) atoms. The lowest BCUT2D eigenvalue weighted by Gasteiger charge is -2.21. The quantitative estimate of drug-likeness (QED) is 0.799. The molecule has 1 aliphatic carbocycles. The van der Waals surface area contributed by atoms with Crippen LogP contribution in [0.1, 0.15) is 24.0 Å². The summed E-state index contributed by atoms with van der Waals surface area (Å²) in [5, 5.41) is 0. The van der Waals surface area contributed by atoms with Crippen LogP contribution in [0.25, 0.3) is 0 Å². The van der Waals surface area contributed by atoms with Crippen LogP contribution in [0.15, 0.2) is 27.7 Å². The normalized spacial score (nSPS) is 27.2. The Morgan fingerprint density at radius 2 is 2.24 bits per heavy atom. The number of rotatable bonds is 0. The Morgan fingerprint density at radius 3 is 3.00 bits per heavy atom. The summed E-state index contributed by atoms with van der Waals surface area (Å²) in [7, 11) is 0. The molecular weight excluding hydrogens is 280 g/mol. The Morgan fingerprint density at radius 1 is 1.35 bits per heavy atom. The van der Waals surface area contributed by atoms with Gasteiger partial charge in [0.25, 0.3) is 6.02 Å². The van der Waals surface area contributed by atoms with Crippen LogP contribution in [-0.4, -0.2) is 18.2 Å². The number of aryl methyl sites for hydroxylation is 1. The first-order valence-corrected chi connectivity index (χ1v) is 6.72. The van der Waals surface area contributed by atoms with Crippen molar-refractivity contribution in [3.8, 4) is 0 Å². The number of hydrogen-bond acceptors (Lipinski definition) is 3. The Hall–Kier alpha value is -1.03. The molecule has 0 bridgehead atoms. The van der Waals surface area contributed by atoms with Gasteiger partial charge in [0.1, 0.15) is 12.1 Å². The monoisotopic (exact) mass is 294 g/mol. The summed E-state index contributed by atoms with van der Waals surface area (Å²) in [6.45, 7) is 0.630. The zero-order valence-corrected chi connectivity index (χ0v) is 11.2. The van der Waals surface area contributed by atoms with Crippen LogP contribution >= 0.6 is 15.9 Å². The fraction of sp³-hybridized carbons (Fsp3) is 0.462. The van der Waals surface area contributed by atoms with Gasteiger partial charge >= 0.3 is 0 Å². The average Bonchev–Trinajstić information content (AvgIpc) is 2.55. The Bertz CT molecular complexity index is 486. The van der Waals surface area contributed by atoms with Gasteiger partial charge in [-0.15, -0.1) is 0 Å². The SMILES string of the molecule is NC1=NC2(CCCc3ccc(Br)cc3C2)CO1. The summed E-state index contributed by atoms with van der Waals surface area (Å²) < 4.78 is 6.49. The summed E-state index contributed by atoms with van der Waals surface area (Å²) in [4.78, 5) is 4.52. The molecule has 2 aliphatic rings. The minimum atomic E-state index is -0.115. The van der Waals surface area contributed by atoms with Gasteiger partial charge in [-0.1, -0.05) is 22.0 Å². The zero-order valence-electron chi connectivity index (χ0n) is 9.58. The molecule has 0 saturated carbocycles. The molecule has 3 nitrogen and oxygen atoms in total. The highest BCUT2D eigenvalue weighted by molar-refractivity contribution is 9.10. The number of benzene rings is 1. The van der Waals surface area contributed by atoms with Crippen LogP contribution < -0.4 is 5.73 Å². The van der Waals surface area contributed by atoms with Gasteiger partial charge in [-0.05, 0) is 42.5 Å². The van der Waals surface area contributed by atoms with Gasteiger partial charge < -0.3 is 10.5 Å². The number of nitrogens with zero attached hydrogens (tertiary/aromatic N) is 1. The van der Waals surface area contributed by atoms with Crippen molar-refractivity contribution in [2.75, 3.05) is 6.61 Å². The van der Waals surface area contributed by atoms with E-state index in [1.807, 2.05) is 0 Å². The number of ether oxygens (including phenoxy) is 1. The predicted octanol–water partition coefficient (Wildman–Crippen LogP) is 2.41. The number of halogens is 1. The van der Waals surface area contributed by atoms with E-state index in [-0.39, 0.29) is 5.54 Å². The molecule has 1 spiro atoms. The summed E-state index contributed by atoms with van der Waals surface area (Å²) in [5.41, 5.74) is 8.35. The van der Waals surface area contributed by atoms with E-state index in [4.69, 9.17) is 10.5 Å². The molecule has 1 aromatic rings. The predicted molar refractivity (Wildman–Crippen MR) is 71.1 cm³/mol. The van der Waals surface area contributed by atoms with Gasteiger partial charge in [-0.25, -0.2) is 4.99 Å². The lowest BCUT2D eigenvalue weighted by Crippen LogP contribution is -2.30. The van der Waals surface area contributed by atoms with Crippen molar-refractivity contribution in [3.05, 3.63) is 33.8 Å². The van der Waals surface area contributed by atoms with Crippen molar-refractivity contribution in [2.45, 2.75) is 31.2 Å². The fourth-order valence-electron chi connectivity index (χ4n) is 2.78. The van der Waals surface area contributed by atoms with Crippen molar-refractivity contribution in [1.82, 2.24) is 0 Å². The number of fused-ring (bicyclic) bond motifs is 1. The highest BCUT2D eigenvalue weighted by atomic mass is 79.9. The summed E-state index contributed by atoms with van der Waals surface area (Å²) in [5.74, 6) is 0. The van der Waals surface area contributed by atoms with Gasteiger partial charge in [0.05, 0.1) is 0 Å². The molecule has 1 heterocycles. The molecule has 1 atom stereocenters. The van der Waals surface area contributed by atoms with E-state index in [9.17, 15) is 0 Å². The van der Waals surface area contributed by atoms with E-state index in [1.165, 1.54) is 11.1 Å². The minimum absolute atomic E-state index is 0.115. The largest absolute Gasteiger partial charge is 0.463 e. The van der Waals surface area contributed by atoms with Crippen LogP contribution in [0.5, 0.6) is 0 Å². The third-order valence-electron chi connectivity index (χ3n) is 3.61. The third-order valence-corrected chi connectivity index (χ3v) is 4.11. The van der Waals surface area contributed by atoms with Crippen LogP contribution in [0.3, 0.4) is 0 Å². The summed E-state index contributed by atoms with van der Waals surface area (Å²) in [6.07, 6.45) is 4.26. The van der Waals surface area contributed by atoms with Gasteiger partial charge in [0, 0.05) is 10.9 Å². The molecule has 1 unspecified atom stereocenters. The van der Waals surface area contributed by atoms with Crippen LogP contribution in [-0.2, 0) is 17.6 Å². The van der Waals surface area contributed by atoms with Crippen LogP contribution in [0.4, 0.5) is 0 Å². The molecule has 0 radical (unpaired) electrons. The van der Waals surface area contributed by atoms with Crippen LogP contribution in [0.2, 0.25) is 0 Å². The van der Waals surface area contributed by atoms with Gasteiger partial charge in [-0.3, -0.25) is 0 Å². The number of aliphatic imine (C=N–C) groups is 1. The number of amidine groups is 1. The molecular formula is C13H15BrN2O.